The molecule has 114 valence electrons. The number of amides is 1. The van der Waals surface area contributed by atoms with E-state index < -0.39 is 5.97 Å². The SMILES string of the molecule is CCOCCCC(=O)Nc1ccc(/C=C/C(=O)O)c(C)c1. The van der Waals surface area contributed by atoms with Crippen molar-refractivity contribution in [1.82, 2.24) is 0 Å². The molecule has 5 heteroatoms. The fourth-order valence-electron chi connectivity index (χ4n) is 1.80. The van der Waals surface area contributed by atoms with Crippen molar-refractivity contribution in [1.29, 1.82) is 0 Å². The van der Waals surface area contributed by atoms with Crippen LogP contribution < -0.4 is 5.32 Å². The Kier molecular flexibility index (Phi) is 7.18. The first-order valence-electron chi connectivity index (χ1n) is 6.92. The number of hydrogen-bond donors (Lipinski definition) is 2. The summed E-state index contributed by atoms with van der Waals surface area (Å²) in [7, 11) is 0. The summed E-state index contributed by atoms with van der Waals surface area (Å²) in [4.78, 5) is 22.2. The van der Waals surface area contributed by atoms with Gasteiger partial charge in [0.05, 0.1) is 0 Å². The highest BCUT2D eigenvalue weighted by molar-refractivity contribution is 5.91. The van der Waals surface area contributed by atoms with Crippen molar-refractivity contribution in [2.45, 2.75) is 26.7 Å². The molecule has 0 aliphatic carbocycles. The lowest BCUT2D eigenvalue weighted by atomic mass is 10.1. The van der Waals surface area contributed by atoms with Crippen LogP contribution in [0.5, 0.6) is 0 Å². The van der Waals surface area contributed by atoms with Crippen LogP contribution in [0.15, 0.2) is 24.3 Å². The average Bonchev–Trinajstić information content (AvgIpc) is 2.42. The zero-order valence-corrected chi connectivity index (χ0v) is 12.4. The second kappa shape index (κ2) is 8.92. The van der Waals surface area contributed by atoms with E-state index in [1.54, 1.807) is 12.1 Å². The van der Waals surface area contributed by atoms with Gasteiger partial charge in [-0.2, -0.15) is 0 Å². The molecule has 0 fully saturated rings. The highest BCUT2D eigenvalue weighted by Crippen LogP contribution is 2.17. The normalized spacial score (nSPS) is 10.8. The number of hydrogen-bond acceptors (Lipinski definition) is 3. The summed E-state index contributed by atoms with van der Waals surface area (Å²) >= 11 is 0. The molecule has 21 heavy (non-hydrogen) atoms. The Bertz CT molecular complexity index is 523. The monoisotopic (exact) mass is 291 g/mol. The van der Waals surface area contributed by atoms with Gasteiger partial charge in [-0.15, -0.1) is 0 Å². The van der Waals surface area contributed by atoms with Gasteiger partial charge >= 0.3 is 5.97 Å². The summed E-state index contributed by atoms with van der Waals surface area (Å²) in [5, 5.41) is 11.4. The average molecular weight is 291 g/mol. The minimum absolute atomic E-state index is 0.0528. The number of anilines is 1. The molecule has 0 radical (unpaired) electrons. The van der Waals surface area contributed by atoms with Crippen molar-refractivity contribution >= 4 is 23.6 Å². The summed E-state index contributed by atoms with van der Waals surface area (Å²) in [6, 6.07) is 5.36. The number of carbonyl (C=O) groups excluding carboxylic acids is 1. The maximum atomic E-state index is 11.7. The van der Waals surface area contributed by atoms with Crippen LogP contribution in [-0.4, -0.2) is 30.2 Å². The van der Waals surface area contributed by atoms with Gasteiger partial charge in [-0.05, 0) is 49.6 Å². The number of rotatable bonds is 8. The van der Waals surface area contributed by atoms with E-state index in [1.165, 1.54) is 6.08 Å². The predicted octanol–water partition coefficient (Wildman–Crippen LogP) is 2.85. The van der Waals surface area contributed by atoms with Crippen LogP contribution in [0.4, 0.5) is 5.69 Å². The zero-order chi connectivity index (χ0) is 15.7. The van der Waals surface area contributed by atoms with E-state index in [1.807, 2.05) is 19.9 Å². The first kappa shape index (κ1) is 16.9. The molecule has 0 saturated heterocycles. The van der Waals surface area contributed by atoms with Gasteiger partial charge in [0.25, 0.3) is 0 Å². The number of benzene rings is 1. The van der Waals surface area contributed by atoms with Gasteiger partial charge in [-0.1, -0.05) is 6.07 Å². The molecule has 1 rings (SSSR count). The first-order chi connectivity index (χ1) is 10.0. The Labute approximate surface area is 124 Å². The van der Waals surface area contributed by atoms with E-state index in [-0.39, 0.29) is 5.91 Å². The quantitative estimate of drug-likeness (QED) is 0.570. The molecule has 5 nitrogen and oxygen atoms in total. The molecule has 0 bridgehead atoms. The largest absolute Gasteiger partial charge is 0.478 e. The molecule has 1 aromatic rings. The third-order valence-electron chi connectivity index (χ3n) is 2.86. The van der Waals surface area contributed by atoms with Gasteiger partial charge in [0.1, 0.15) is 0 Å². The minimum atomic E-state index is -0.985. The lowest BCUT2D eigenvalue weighted by molar-refractivity contribution is -0.131. The van der Waals surface area contributed by atoms with E-state index in [2.05, 4.69) is 5.32 Å². The molecular weight excluding hydrogens is 270 g/mol. The summed E-state index contributed by atoms with van der Waals surface area (Å²) in [6.45, 7) is 5.03. The molecule has 0 aromatic heterocycles. The molecule has 0 spiro atoms. The summed E-state index contributed by atoms with van der Waals surface area (Å²) in [6.07, 6.45) is 3.73. The molecule has 0 saturated carbocycles. The van der Waals surface area contributed by atoms with E-state index in [9.17, 15) is 9.59 Å². The number of carbonyl (C=O) groups is 2. The zero-order valence-electron chi connectivity index (χ0n) is 12.4. The molecule has 0 unspecified atom stereocenters. The highest BCUT2D eigenvalue weighted by atomic mass is 16.5. The van der Waals surface area contributed by atoms with Gasteiger partial charge in [-0.25, -0.2) is 4.79 Å². The van der Waals surface area contributed by atoms with Crippen molar-refractivity contribution in [3.05, 3.63) is 35.4 Å². The van der Waals surface area contributed by atoms with Crippen LogP contribution >= 0.6 is 0 Å². The highest BCUT2D eigenvalue weighted by Gasteiger charge is 2.04. The van der Waals surface area contributed by atoms with E-state index >= 15 is 0 Å². The summed E-state index contributed by atoms with van der Waals surface area (Å²) in [5.74, 6) is -1.04. The second-order valence-corrected chi connectivity index (χ2v) is 4.59. The third-order valence-corrected chi connectivity index (χ3v) is 2.86. The second-order valence-electron chi connectivity index (χ2n) is 4.59. The standard InChI is InChI=1S/C16H21NO4/c1-3-21-10-4-5-15(18)17-14-8-6-13(12(2)11-14)7-9-16(19)20/h6-9,11H,3-5,10H2,1-2H3,(H,17,18)(H,19,20)/b9-7+. The van der Waals surface area contributed by atoms with E-state index in [4.69, 9.17) is 9.84 Å². The third kappa shape index (κ3) is 6.72. The van der Waals surface area contributed by atoms with E-state index in [0.717, 1.165) is 17.2 Å². The number of carboxylic acid groups (broad SMARTS) is 1. The number of carboxylic acids is 1. The Hall–Kier alpha value is -2.14. The number of aliphatic carboxylic acids is 1. The van der Waals surface area contributed by atoms with Crippen molar-refractivity contribution in [2.75, 3.05) is 18.5 Å². The van der Waals surface area contributed by atoms with Gasteiger partial charge in [-0.3, -0.25) is 4.79 Å². The topological polar surface area (TPSA) is 75.6 Å². The first-order valence-corrected chi connectivity index (χ1v) is 6.92. The molecule has 0 aliphatic heterocycles. The Morgan fingerprint density at radius 3 is 2.76 bits per heavy atom. The lowest BCUT2D eigenvalue weighted by Gasteiger charge is -2.08. The molecule has 0 aliphatic rings. The molecule has 0 atom stereocenters. The van der Waals surface area contributed by atoms with Crippen LogP contribution in [0, 0.1) is 6.92 Å². The Balaban J connectivity index is 2.55. The minimum Gasteiger partial charge on any atom is -0.478 e. The Morgan fingerprint density at radius 2 is 2.14 bits per heavy atom. The molecule has 2 N–H and O–H groups in total. The van der Waals surface area contributed by atoms with Gasteiger partial charge in [0.2, 0.25) is 5.91 Å². The van der Waals surface area contributed by atoms with Crippen LogP contribution in [0.25, 0.3) is 6.08 Å². The summed E-state index contributed by atoms with van der Waals surface area (Å²) < 4.78 is 5.18. The van der Waals surface area contributed by atoms with E-state index in [0.29, 0.717) is 31.7 Å². The van der Waals surface area contributed by atoms with Crippen molar-refractivity contribution < 1.29 is 19.4 Å². The fourth-order valence-corrected chi connectivity index (χ4v) is 1.80. The summed E-state index contributed by atoms with van der Waals surface area (Å²) in [5.41, 5.74) is 2.42. The van der Waals surface area contributed by atoms with Gasteiger partial charge in [0.15, 0.2) is 0 Å². The predicted molar refractivity (Wildman–Crippen MR) is 82.2 cm³/mol. The Morgan fingerprint density at radius 1 is 1.38 bits per heavy atom. The maximum Gasteiger partial charge on any atom is 0.328 e. The fraction of sp³-hybridized carbons (Fsp3) is 0.375. The van der Waals surface area contributed by atoms with Crippen molar-refractivity contribution in [2.24, 2.45) is 0 Å². The van der Waals surface area contributed by atoms with Crippen LogP contribution in [0.1, 0.15) is 30.9 Å². The van der Waals surface area contributed by atoms with Gasteiger partial charge < -0.3 is 15.2 Å². The molecular formula is C16H21NO4. The van der Waals surface area contributed by atoms with Crippen LogP contribution in [0.2, 0.25) is 0 Å². The van der Waals surface area contributed by atoms with Gasteiger partial charge in [0, 0.05) is 31.4 Å². The molecule has 1 amide bonds. The number of nitrogens with one attached hydrogen (secondary N) is 1. The molecule has 0 heterocycles. The maximum absolute atomic E-state index is 11.7. The number of ether oxygens (including phenoxy) is 1. The lowest BCUT2D eigenvalue weighted by Crippen LogP contribution is -2.12. The van der Waals surface area contributed by atoms with Crippen molar-refractivity contribution in [3.63, 3.8) is 0 Å². The van der Waals surface area contributed by atoms with Crippen molar-refractivity contribution in [3.8, 4) is 0 Å². The van der Waals surface area contributed by atoms with Crippen LogP contribution in [-0.2, 0) is 14.3 Å². The number of aryl methyl sites for hydroxylation is 1. The smallest absolute Gasteiger partial charge is 0.328 e. The molecule has 1 aromatic carbocycles. The van der Waals surface area contributed by atoms with Crippen LogP contribution in [0.3, 0.4) is 0 Å².